The Bertz CT molecular complexity index is 989. The van der Waals surface area contributed by atoms with Crippen molar-refractivity contribution in [3.63, 3.8) is 0 Å². The zero-order valence-corrected chi connectivity index (χ0v) is 17.8. The Morgan fingerprint density at radius 2 is 1.72 bits per heavy atom. The molecule has 1 heterocycles. The smallest absolute Gasteiger partial charge is 0.265 e. The lowest BCUT2D eigenvalue weighted by molar-refractivity contribution is 0.0943. The van der Waals surface area contributed by atoms with Crippen LogP contribution in [0.2, 0.25) is 5.02 Å². The fraction of sp³-hybridized carbons (Fsp3) is 0.182. The van der Waals surface area contributed by atoms with Gasteiger partial charge in [-0.25, -0.2) is 0 Å². The highest BCUT2D eigenvalue weighted by atomic mass is 35.5. The standard InChI is InChI=1S/C22H22ClN3O2S/c1-26(2)19(15-8-3-5-10-17(15)23)14-24-21(27)16-9-4-6-11-18(16)25-22(28)20-12-7-13-29-20/h3-13,19H,14H2,1-2H3,(H,24,27)(H,25,28). The van der Waals surface area contributed by atoms with Crippen molar-refractivity contribution in [1.29, 1.82) is 0 Å². The van der Waals surface area contributed by atoms with Crippen molar-refractivity contribution in [3.8, 4) is 0 Å². The lowest BCUT2D eigenvalue weighted by Gasteiger charge is -2.26. The van der Waals surface area contributed by atoms with E-state index in [9.17, 15) is 9.59 Å². The third-order valence-electron chi connectivity index (χ3n) is 4.51. The number of nitrogens with zero attached hydrogens (tertiary/aromatic N) is 1. The monoisotopic (exact) mass is 427 g/mol. The summed E-state index contributed by atoms with van der Waals surface area (Å²) in [6.45, 7) is 0.378. The van der Waals surface area contributed by atoms with E-state index in [1.807, 2.05) is 54.7 Å². The molecule has 2 N–H and O–H groups in total. The van der Waals surface area contributed by atoms with Crippen molar-refractivity contribution in [3.05, 3.63) is 87.1 Å². The number of amides is 2. The predicted octanol–water partition coefficient (Wildman–Crippen LogP) is 4.69. The molecule has 3 rings (SSSR count). The molecule has 1 unspecified atom stereocenters. The predicted molar refractivity (Wildman–Crippen MR) is 119 cm³/mol. The zero-order chi connectivity index (χ0) is 20.8. The maximum Gasteiger partial charge on any atom is 0.265 e. The van der Waals surface area contributed by atoms with Crippen LogP contribution in [0.1, 0.15) is 31.6 Å². The van der Waals surface area contributed by atoms with Crippen LogP contribution in [-0.4, -0.2) is 37.4 Å². The molecule has 1 aromatic heterocycles. The summed E-state index contributed by atoms with van der Waals surface area (Å²) < 4.78 is 0. The fourth-order valence-electron chi connectivity index (χ4n) is 2.98. The van der Waals surface area contributed by atoms with Gasteiger partial charge in [0.2, 0.25) is 0 Å². The van der Waals surface area contributed by atoms with Crippen LogP contribution in [0.4, 0.5) is 5.69 Å². The van der Waals surface area contributed by atoms with Gasteiger partial charge in [-0.3, -0.25) is 9.59 Å². The SMILES string of the molecule is CN(C)C(CNC(=O)c1ccccc1NC(=O)c1cccs1)c1ccccc1Cl. The average Bonchev–Trinajstić information content (AvgIpc) is 3.24. The van der Waals surface area contributed by atoms with Crippen LogP contribution in [-0.2, 0) is 0 Å². The first-order chi connectivity index (χ1) is 14.0. The second-order valence-corrected chi connectivity index (χ2v) is 8.04. The van der Waals surface area contributed by atoms with Crippen molar-refractivity contribution < 1.29 is 9.59 Å². The normalized spacial score (nSPS) is 11.9. The van der Waals surface area contributed by atoms with Gasteiger partial charge in [-0.1, -0.05) is 48.0 Å². The van der Waals surface area contributed by atoms with Gasteiger partial charge in [-0.05, 0) is 49.3 Å². The highest BCUT2D eigenvalue weighted by molar-refractivity contribution is 7.12. The topological polar surface area (TPSA) is 61.4 Å². The van der Waals surface area contributed by atoms with Crippen LogP contribution in [0.15, 0.2) is 66.0 Å². The summed E-state index contributed by atoms with van der Waals surface area (Å²) in [4.78, 5) is 27.8. The third kappa shape index (κ3) is 5.23. The maximum atomic E-state index is 12.9. The molecule has 1 atom stereocenters. The second kappa shape index (κ2) is 9.69. The Labute approximate surface area is 179 Å². The number of hydrogen-bond acceptors (Lipinski definition) is 4. The molecule has 0 radical (unpaired) electrons. The number of para-hydroxylation sites is 1. The summed E-state index contributed by atoms with van der Waals surface area (Å²) >= 11 is 7.69. The van der Waals surface area contributed by atoms with Crippen LogP contribution in [0.5, 0.6) is 0 Å². The Morgan fingerprint density at radius 1 is 1.00 bits per heavy atom. The van der Waals surface area contributed by atoms with Crippen molar-refractivity contribution >= 4 is 40.4 Å². The van der Waals surface area contributed by atoms with Crippen molar-refractivity contribution in [2.75, 3.05) is 26.0 Å². The number of hydrogen-bond donors (Lipinski definition) is 2. The first-order valence-electron chi connectivity index (χ1n) is 9.10. The van der Waals surface area contributed by atoms with E-state index < -0.39 is 0 Å². The molecule has 0 bridgehead atoms. The van der Waals surface area contributed by atoms with Gasteiger partial charge in [0.05, 0.1) is 22.2 Å². The first-order valence-corrected chi connectivity index (χ1v) is 10.4. The number of carbonyl (C=O) groups is 2. The minimum absolute atomic E-state index is 0.0828. The molecule has 0 aliphatic carbocycles. The van der Waals surface area contributed by atoms with Crippen molar-refractivity contribution in [1.82, 2.24) is 10.2 Å². The van der Waals surface area contributed by atoms with E-state index in [1.54, 1.807) is 30.3 Å². The summed E-state index contributed by atoms with van der Waals surface area (Å²) in [5, 5.41) is 8.28. The zero-order valence-electron chi connectivity index (χ0n) is 16.2. The van der Waals surface area contributed by atoms with E-state index in [1.165, 1.54) is 11.3 Å². The average molecular weight is 428 g/mol. The molecule has 150 valence electrons. The molecule has 0 fully saturated rings. The number of thiophene rings is 1. The molecule has 0 saturated carbocycles. The Kier molecular flexibility index (Phi) is 7.04. The number of carbonyl (C=O) groups excluding carboxylic acids is 2. The van der Waals surface area contributed by atoms with Gasteiger partial charge in [0.25, 0.3) is 11.8 Å². The molecule has 0 aliphatic rings. The number of halogens is 1. The summed E-state index contributed by atoms with van der Waals surface area (Å²) in [6.07, 6.45) is 0. The molecule has 0 spiro atoms. The Morgan fingerprint density at radius 3 is 2.41 bits per heavy atom. The summed E-state index contributed by atoms with van der Waals surface area (Å²) in [5.74, 6) is -0.492. The van der Waals surface area contributed by atoms with Gasteiger partial charge in [0, 0.05) is 11.6 Å². The van der Waals surface area contributed by atoms with E-state index in [-0.39, 0.29) is 17.9 Å². The summed E-state index contributed by atoms with van der Waals surface area (Å²) in [5.41, 5.74) is 1.83. The van der Waals surface area contributed by atoms with Crippen LogP contribution in [0, 0.1) is 0 Å². The number of anilines is 1. The molecule has 0 saturated heterocycles. The highest BCUT2D eigenvalue weighted by Gasteiger charge is 2.20. The minimum atomic E-state index is -0.258. The van der Waals surface area contributed by atoms with Gasteiger partial charge in [-0.15, -0.1) is 11.3 Å². The van der Waals surface area contributed by atoms with Gasteiger partial charge in [-0.2, -0.15) is 0 Å². The van der Waals surface area contributed by atoms with E-state index in [0.29, 0.717) is 27.7 Å². The van der Waals surface area contributed by atoms with E-state index in [4.69, 9.17) is 11.6 Å². The molecular formula is C22H22ClN3O2S. The maximum absolute atomic E-state index is 12.9. The lowest BCUT2D eigenvalue weighted by Crippen LogP contribution is -2.35. The van der Waals surface area contributed by atoms with Gasteiger partial charge in [0.1, 0.15) is 0 Å². The quantitative estimate of drug-likeness (QED) is 0.575. The summed E-state index contributed by atoms with van der Waals surface area (Å²) in [6, 6.07) is 18.0. The van der Waals surface area contributed by atoms with Crippen molar-refractivity contribution in [2.24, 2.45) is 0 Å². The number of nitrogens with one attached hydrogen (secondary N) is 2. The Hall–Kier alpha value is -2.67. The van der Waals surface area contributed by atoms with Crippen LogP contribution in [0.3, 0.4) is 0 Å². The van der Waals surface area contributed by atoms with E-state index in [0.717, 1.165) is 5.56 Å². The minimum Gasteiger partial charge on any atom is -0.350 e. The van der Waals surface area contributed by atoms with E-state index >= 15 is 0 Å². The number of likely N-dealkylation sites (N-methyl/N-ethyl adjacent to an activating group) is 1. The largest absolute Gasteiger partial charge is 0.350 e. The number of benzene rings is 2. The van der Waals surface area contributed by atoms with Crippen LogP contribution in [0.25, 0.3) is 0 Å². The van der Waals surface area contributed by atoms with Crippen LogP contribution < -0.4 is 10.6 Å². The Balaban J connectivity index is 1.74. The molecule has 2 aromatic carbocycles. The van der Waals surface area contributed by atoms with Gasteiger partial charge >= 0.3 is 0 Å². The van der Waals surface area contributed by atoms with Gasteiger partial charge in [0.15, 0.2) is 0 Å². The molecule has 0 aliphatic heterocycles. The molecule has 5 nitrogen and oxygen atoms in total. The van der Waals surface area contributed by atoms with Gasteiger partial charge < -0.3 is 15.5 Å². The fourth-order valence-corrected chi connectivity index (χ4v) is 3.86. The molecule has 7 heteroatoms. The lowest BCUT2D eigenvalue weighted by atomic mass is 10.1. The van der Waals surface area contributed by atoms with Crippen LogP contribution >= 0.6 is 22.9 Å². The molecule has 2 amide bonds. The van der Waals surface area contributed by atoms with Crippen molar-refractivity contribution in [2.45, 2.75) is 6.04 Å². The summed E-state index contributed by atoms with van der Waals surface area (Å²) in [7, 11) is 3.88. The molecule has 29 heavy (non-hydrogen) atoms. The molecule has 3 aromatic rings. The highest BCUT2D eigenvalue weighted by Crippen LogP contribution is 2.26. The van der Waals surface area contributed by atoms with E-state index in [2.05, 4.69) is 10.6 Å². The second-order valence-electron chi connectivity index (χ2n) is 6.69. The number of rotatable bonds is 7. The first kappa shape index (κ1) is 21.0. The third-order valence-corrected chi connectivity index (χ3v) is 5.72. The molecular weight excluding hydrogens is 406 g/mol.